The molecule has 2 aliphatic heterocycles. The van der Waals surface area contributed by atoms with E-state index in [1.807, 2.05) is 4.90 Å². The number of aliphatic hydroxyl groups excluding tert-OH is 1. The van der Waals surface area contributed by atoms with Gasteiger partial charge >= 0.3 is 6.03 Å². The number of nitrogens with zero attached hydrogens (tertiary/aromatic N) is 1. The number of urea groups is 1. The predicted molar refractivity (Wildman–Crippen MR) is 73.0 cm³/mol. The summed E-state index contributed by atoms with van der Waals surface area (Å²) in [7, 11) is 0. The number of hydrogen-bond acceptors (Lipinski definition) is 3. The molecule has 19 heavy (non-hydrogen) atoms. The van der Waals surface area contributed by atoms with Crippen LogP contribution in [0.1, 0.15) is 45.4 Å². The van der Waals surface area contributed by atoms with E-state index < -0.39 is 0 Å². The summed E-state index contributed by atoms with van der Waals surface area (Å²) in [6, 6.07) is 0.343. The molecule has 2 N–H and O–H groups in total. The first-order chi connectivity index (χ1) is 9.16. The summed E-state index contributed by atoms with van der Waals surface area (Å²) in [5, 5.41) is 12.7. The lowest BCUT2D eigenvalue weighted by molar-refractivity contribution is 0.120. The number of hydrogen-bond donors (Lipinski definition) is 2. The summed E-state index contributed by atoms with van der Waals surface area (Å²) in [4.78, 5) is 14.3. The maximum atomic E-state index is 12.4. The fraction of sp³-hybridized carbons (Fsp3) is 0.929. The van der Waals surface area contributed by atoms with Gasteiger partial charge in [0.25, 0.3) is 0 Å². The lowest BCUT2D eigenvalue weighted by Crippen LogP contribution is -2.50. The van der Waals surface area contributed by atoms with Gasteiger partial charge in [-0.15, -0.1) is 0 Å². The number of carbonyl (C=O) groups is 1. The van der Waals surface area contributed by atoms with Crippen LogP contribution in [-0.2, 0) is 4.74 Å². The van der Waals surface area contributed by atoms with E-state index in [1.54, 1.807) is 6.92 Å². The summed E-state index contributed by atoms with van der Waals surface area (Å²) in [5.41, 5.74) is 0. The van der Waals surface area contributed by atoms with E-state index in [0.29, 0.717) is 13.0 Å². The van der Waals surface area contributed by atoms with Gasteiger partial charge < -0.3 is 20.1 Å². The average molecular weight is 270 g/mol. The van der Waals surface area contributed by atoms with Gasteiger partial charge in [0.1, 0.15) is 0 Å². The molecule has 5 nitrogen and oxygen atoms in total. The molecule has 0 radical (unpaired) electrons. The Bertz CT molecular complexity index is 290. The predicted octanol–water partition coefficient (Wildman–Crippen LogP) is 1.50. The SMILES string of the molecule is CC(O)CC1CCCCCN1C(=O)NC1CCOC1. The van der Waals surface area contributed by atoms with E-state index in [0.717, 1.165) is 38.8 Å². The highest BCUT2D eigenvalue weighted by Crippen LogP contribution is 2.21. The molecule has 0 spiro atoms. The molecule has 3 unspecified atom stereocenters. The molecule has 0 saturated carbocycles. The minimum absolute atomic E-state index is 0.0167. The monoisotopic (exact) mass is 270 g/mol. The molecule has 0 aliphatic carbocycles. The highest BCUT2D eigenvalue weighted by atomic mass is 16.5. The first-order valence-corrected chi connectivity index (χ1v) is 7.49. The van der Waals surface area contributed by atoms with Crippen molar-refractivity contribution in [3.63, 3.8) is 0 Å². The standard InChI is InChI=1S/C14H26N2O3/c1-11(17)9-13-5-3-2-4-7-16(13)14(18)15-12-6-8-19-10-12/h11-13,17H,2-10H2,1H3,(H,15,18). The number of rotatable bonds is 3. The highest BCUT2D eigenvalue weighted by Gasteiger charge is 2.28. The molecule has 2 heterocycles. The van der Waals surface area contributed by atoms with Gasteiger partial charge in [-0.3, -0.25) is 0 Å². The van der Waals surface area contributed by atoms with Crippen molar-refractivity contribution in [2.24, 2.45) is 0 Å². The Kier molecular flexibility index (Phi) is 5.45. The average Bonchev–Trinajstić information content (AvgIpc) is 2.74. The third-order valence-corrected chi connectivity index (χ3v) is 4.01. The molecule has 0 aromatic carbocycles. The van der Waals surface area contributed by atoms with Gasteiger partial charge in [-0.25, -0.2) is 4.79 Å². The van der Waals surface area contributed by atoms with Crippen LogP contribution in [0.25, 0.3) is 0 Å². The van der Waals surface area contributed by atoms with Gasteiger partial charge in [-0.05, 0) is 32.6 Å². The van der Waals surface area contributed by atoms with Crippen molar-refractivity contribution in [3.8, 4) is 0 Å². The first kappa shape index (κ1) is 14.6. The second kappa shape index (κ2) is 7.10. The third kappa shape index (κ3) is 4.35. The van der Waals surface area contributed by atoms with Crippen molar-refractivity contribution < 1.29 is 14.6 Å². The Morgan fingerprint density at radius 2 is 2.26 bits per heavy atom. The molecule has 0 aromatic heterocycles. The lowest BCUT2D eigenvalue weighted by Gasteiger charge is -2.32. The fourth-order valence-corrected chi connectivity index (χ4v) is 2.99. The van der Waals surface area contributed by atoms with E-state index in [-0.39, 0.29) is 24.2 Å². The van der Waals surface area contributed by atoms with Crippen LogP contribution in [0.15, 0.2) is 0 Å². The van der Waals surface area contributed by atoms with Crippen LogP contribution in [0, 0.1) is 0 Å². The number of carbonyl (C=O) groups excluding carboxylic acids is 1. The normalized spacial score (nSPS) is 29.9. The van der Waals surface area contributed by atoms with Gasteiger partial charge in [-0.1, -0.05) is 12.8 Å². The van der Waals surface area contributed by atoms with E-state index in [4.69, 9.17) is 4.74 Å². The van der Waals surface area contributed by atoms with Gasteiger partial charge in [0.2, 0.25) is 0 Å². The fourth-order valence-electron chi connectivity index (χ4n) is 2.99. The molecule has 2 amide bonds. The molecular weight excluding hydrogens is 244 g/mol. The minimum atomic E-state index is -0.354. The van der Waals surface area contributed by atoms with Crippen LogP contribution in [0.3, 0.4) is 0 Å². The maximum absolute atomic E-state index is 12.4. The number of amides is 2. The van der Waals surface area contributed by atoms with E-state index in [1.165, 1.54) is 6.42 Å². The molecule has 2 rings (SSSR count). The topological polar surface area (TPSA) is 61.8 Å². The molecule has 0 bridgehead atoms. The number of aliphatic hydroxyl groups is 1. The van der Waals surface area contributed by atoms with E-state index in [2.05, 4.69) is 5.32 Å². The zero-order valence-corrected chi connectivity index (χ0v) is 11.8. The molecular formula is C14H26N2O3. The van der Waals surface area contributed by atoms with Crippen LogP contribution in [-0.4, -0.2) is 54.0 Å². The lowest BCUT2D eigenvalue weighted by atomic mass is 10.0. The molecule has 2 aliphatic rings. The zero-order chi connectivity index (χ0) is 13.7. The van der Waals surface area contributed by atoms with Crippen LogP contribution in [0.5, 0.6) is 0 Å². The Hall–Kier alpha value is -0.810. The van der Waals surface area contributed by atoms with Crippen LogP contribution < -0.4 is 5.32 Å². The Morgan fingerprint density at radius 1 is 1.42 bits per heavy atom. The summed E-state index contributed by atoms with van der Waals surface area (Å²) in [5.74, 6) is 0. The molecule has 3 atom stereocenters. The summed E-state index contributed by atoms with van der Waals surface area (Å²) >= 11 is 0. The third-order valence-electron chi connectivity index (χ3n) is 4.01. The Labute approximate surface area is 115 Å². The smallest absolute Gasteiger partial charge is 0.317 e. The summed E-state index contributed by atoms with van der Waals surface area (Å²) in [6.45, 7) is 3.96. The Morgan fingerprint density at radius 3 is 2.95 bits per heavy atom. The van der Waals surface area contributed by atoms with Crippen LogP contribution in [0.2, 0.25) is 0 Å². The summed E-state index contributed by atoms with van der Waals surface area (Å²) in [6.07, 6.45) is 5.60. The second-order valence-electron chi connectivity index (χ2n) is 5.79. The minimum Gasteiger partial charge on any atom is -0.393 e. The Balaban J connectivity index is 1.93. The molecule has 0 aromatic rings. The van der Waals surface area contributed by atoms with Gasteiger partial charge in [0.05, 0.1) is 18.8 Å². The van der Waals surface area contributed by atoms with Crippen molar-refractivity contribution in [1.29, 1.82) is 0 Å². The molecule has 110 valence electrons. The largest absolute Gasteiger partial charge is 0.393 e. The quantitative estimate of drug-likeness (QED) is 0.817. The van der Waals surface area contributed by atoms with Gasteiger partial charge in [-0.2, -0.15) is 0 Å². The summed E-state index contributed by atoms with van der Waals surface area (Å²) < 4.78 is 5.29. The van der Waals surface area contributed by atoms with Crippen LogP contribution >= 0.6 is 0 Å². The van der Waals surface area contributed by atoms with Crippen molar-refractivity contribution in [3.05, 3.63) is 0 Å². The van der Waals surface area contributed by atoms with Crippen molar-refractivity contribution >= 4 is 6.03 Å². The van der Waals surface area contributed by atoms with Crippen molar-refractivity contribution in [2.75, 3.05) is 19.8 Å². The van der Waals surface area contributed by atoms with E-state index >= 15 is 0 Å². The first-order valence-electron chi connectivity index (χ1n) is 7.49. The molecule has 5 heteroatoms. The number of nitrogens with one attached hydrogen (secondary N) is 1. The maximum Gasteiger partial charge on any atom is 0.317 e. The molecule has 2 saturated heterocycles. The highest BCUT2D eigenvalue weighted by molar-refractivity contribution is 5.75. The molecule has 2 fully saturated rings. The number of ether oxygens (including phenoxy) is 1. The zero-order valence-electron chi connectivity index (χ0n) is 11.8. The van der Waals surface area contributed by atoms with E-state index in [9.17, 15) is 9.90 Å². The number of likely N-dealkylation sites (tertiary alicyclic amines) is 1. The van der Waals surface area contributed by atoms with Gasteiger partial charge in [0, 0.05) is 19.2 Å². The van der Waals surface area contributed by atoms with Crippen molar-refractivity contribution in [2.45, 2.75) is 63.6 Å². The van der Waals surface area contributed by atoms with Crippen molar-refractivity contribution in [1.82, 2.24) is 10.2 Å². The van der Waals surface area contributed by atoms with Gasteiger partial charge in [0.15, 0.2) is 0 Å². The van der Waals surface area contributed by atoms with Crippen LogP contribution in [0.4, 0.5) is 4.79 Å². The second-order valence-corrected chi connectivity index (χ2v) is 5.79.